The maximum atomic E-state index is 13.6. The van der Waals surface area contributed by atoms with Crippen LogP contribution in [0.3, 0.4) is 0 Å². The fraction of sp³-hybridized carbons (Fsp3) is 0.583. The van der Waals surface area contributed by atoms with E-state index in [1.54, 1.807) is 25.3 Å². The molecule has 2 aliphatic rings. The zero-order valence-corrected chi connectivity index (χ0v) is 20.4. The van der Waals surface area contributed by atoms with Crippen LogP contribution in [0.5, 0.6) is 0 Å². The van der Waals surface area contributed by atoms with Crippen LogP contribution in [0, 0.1) is 11.7 Å². The van der Waals surface area contributed by atoms with Gasteiger partial charge in [-0.05, 0) is 67.9 Å². The SMILES string of the molecule is CCNS(=O)(=O)N[C@H]1CCN(c2cccnn2)C[C@H]1COC1CCC(c2cccc(F)c2)CC1. The van der Waals surface area contributed by atoms with Gasteiger partial charge in [0.25, 0.3) is 10.2 Å². The van der Waals surface area contributed by atoms with Crippen molar-refractivity contribution < 1.29 is 17.5 Å². The van der Waals surface area contributed by atoms with Gasteiger partial charge in [0.1, 0.15) is 5.82 Å². The van der Waals surface area contributed by atoms with Crippen LogP contribution < -0.4 is 14.3 Å². The summed E-state index contributed by atoms with van der Waals surface area (Å²) in [5, 5.41) is 8.19. The van der Waals surface area contributed by atoms with Gasteiger partial charge >= 0.3 is 0 Å². The molecule has 2 atom stereocenters. The number of piperidine rings is 1. The van der Waals surface area contributed by atoms with Crippen LogP contribution in [0.2, 0.25) is 0 Å². The van der Waals surface area contributed by atoms with Crippen LogP contribution in [0.1, 0.15) is 50.5 Å². The number of benzene rings is 1. The first-order valence-corrected chi connectivity index (χ1v) is 13.6. The molecule has 8 nitrogen and oxygen atoms in total. The third kappa shape index (κ3) is 6.71. The average Bonchev–Trinajstić information content (AvgIpc) is 2.84. The van der Waals surface area contributed by atoms with Crippen molar-refractivity contribution in [3.8, 4) is 0 Å². The zero-order chi connectivity index (χ0) is 24.0. The Balaban J connectivity index is 1.36. The highest BCUT2D eigenvalue weighted by atomic mass is 32.2. The molecule has 0 unspecified atom stereocenters. The first-order valence-electron chi connectivity index (χ1n) is 12.1. The topological polar surface area (TPSA) is 96.5 Å². The molecule has 34 heavy (non-hydrogen) atoms. The van der Waals surface area contributed by atoms with Crippen LogP contribution >= 0.6 is 0 Å². The van der Waals surface area contributed by atoms with Gasteiger partial charge in [0.15, 0.2) is 5.82 Å². The van der Waals surface area contributed by atoms with Gasteiger partial charge in [-0.2, -0.15) is 18.2 Å². The van der Waals surface area contributed by atoms with Gasteiger partial charge in [-0.1, -0.05) is 19.1 Å². The smallest absolute Gasteiger partial charge is 0.277 e. The van der Waals surface area contributed by atoms with Crippen molar-refractivity contribution in [3.05, 3.63) is 54.0 Å². The molecule has 1 aliphatic heterocycles. The molecule has 0 bridgehead atoms. The number of anilines is 1. The number of aromatic nitrogens is 2. The van der Waals surface area contributed by atoms with Crippen molar-refractivity contribution in [1.82, 2.24) is 19.6 Å². The normalized spacial score (nSPS) is 25.9. The lowest BCUT2D eigenvalue weighted by molar-refractivity contribution is -0.00218. The van der Waals surface area contributed by atoms with E-state index in [1.165, 1.54) is 6.07 Å². The van der Waals surface area contributed by atoms with Crippen LogP contribution in [-0.2, 0) is 14.9 Å². The number of ether oxygens (including phenoxy) is 1. The van der Waals surface area contributed by atoms with Crippen LogP contribution in [0.15, 0.2) is 42.6 Å². The number of nitrogens with one attached hydrogen (secondary N) is 2. The number of hydrogen-bond acceptors (Lipinski definition) is 6. The molecule has 2 N–H and O–H groups in total. The van der Waals surface area contributed by atoms with E-state index < -0.39 is 10.2 Å². The van der Waals surface area contributed by atoms with Crippen molar-refractivity contribution in [2.24, 2.45) is 5.92 Å². The molecule has 0 radical (unpaired) electrons. The van der Waals surface area contributed by atoms with Crippen molar-refractivity contribution >= 4 is 16.0 Å². The van der Waals surface area contributed by atoms with E-state index in [-0.39, 0.29) is 23.9 Å². The van der Waals surface area contributed by atoms with Crippen molar-refractivity contribution in [1.29, 1.82) is 0 Å². The summed E-state index contributed by atoms with van der Waals surface area (Å²) in [6.45, 7) is 3.88. The highest BCUT2D eigenvalue weighted by Crippen LogP contribution is 2.34. The predicted octanol–water partition coefficient (Wildman–Crippen LogP) is 3.00. The number of hydrogen-bond donors (Lipinski definition) is 2. The Morgan fingerprint density at radius 2 is 1.97 bits per heavy atom. The van der Waals surface area contributed by atoms with Crippen LogP contribution in [-0.4, -0.2) is 57.0 Å². The van der Waals surface area contributed by atoms with E-state index in [0.29, 0.717) is 38.6 Å². The highest BCUT2D eigenvalue weighted by molar-refractivity contribution is 7.87. The summed E-state index contributed by atoms with van der Waals surface area (Å²) in [7, 11) is -3.56. The zero-order valence-electron chi connectivity index (χ0n) is 19.6. The second-order valence-corrected chi connectivity index (χ2v) is 10.7. The number of halogens is 1. The predicted molar refractivity (Wildman–Crippen MR) is 129 cm³/mol. The van der Waals surface area contributed by atoms with Gasteiger partial charge in [-0.3, -0.25) is 0 Å². The fourth-order valence-corrected chi connectivity index (χ4v) is 6.21. The molecule has 1 aromatic carbocycles. The molecule has 1 aliphatic carbocycles. The monoisotopic (exact) mass is 491 g/mol. The molecule has 2 aromatic rings. The molecule has 186 valence electrons. The minimum absolute atomic E-state index is 0.0230. The molecule has 0 amide bonds. The van der Waals surface area contributed by atoms with Crippen LogP contribution in [0.4, 0.5) is 10.2 Å². The second kappa shape index (κ2) is 11.5. The van der Waals surface area contributed by atoms with E-state index in [0.717, 1.165) is 37.1 Å². The van der Waals surface area contributed by atoms with Crippen LogP contribution in [0.25, 0.3) is 0 Å². The lowest BCUT2D eigenvalue weighted by atomic mass is 9.82. The molecule has 1 aromatic heterocycles. The highest BCUT2D eigenvalue weighted by Gasteiger charge is 2.34. The van der Waals surface area contributed by atoms with Crippen molar-refractivity contribution in [2.45, 2.75) is 57.1 Å². The van der Waals surface area contributed by atoms with Crippen molar-refractivity contribution in [3.63, 3.8) is 0 Å². The lowest BCUT2D eigenvalue weighted by Crippen LogP contribution is -2.55. The summed E-state index contributed by atoms with van der Waals surface area (Å²) in [6, 6.07) is 10.4. The van der Waals surface area contributed by atoms with Gasteiger partial charge in [-0.15, -0.1) is 5.10 Å². The van der Waals surface area contributed by atoms with Gasteiger partial charge in [0.2, 0.25) is 0 Å². The van der Waals surface area contributed by atoms with Gasteiger partial charge in [0, 0.05) is 37.8 Å². The van der Waals surface area contributed by atoms with Crippen molar-refractivity contribution in [2.75, 3.05) is 31.1 Å². The number of rotatable bonds is 9. The quantitative estimate of drug-likeness (QED) is 0.560. The summed E-state index contributed by atoms with van der Waals surface area (Å²) in [6.07, 6.45) is 6.17. The minimum Gasteiger partial charge on any atom is -0.378 e. The van der Waals surface area contributed by atoms with Gasteiger partial charge in [0.05, 0.1) is 12.7 Å². The molecule has 2 heterocycles. The van der Waals surface area contributed by atoms with Gasteiger partial charge in [-0.25, -0.2) is 9.11 Å². The van der Waals surface area contributed by atoms with E-state index in [2.05, 4.69) is 24.5 Å². The van der Waals surface area contributed by atoms with E-state index in [9.17, 15) is 12.8 Å². The molecule has 0 spiro atoms. The maximum absolute atomic E-state index is 13.6. The summed E-state index contributed by atoms with van der Waals surface area (Å²) in [5.74, 6) is 0.935. The molecule has 2 fully saturated rings. The Morgan fingerprint density at radius 3 is 2.68 bits per heavy atom. The molecule has 1 saturated carbocycles. The largest absolute Gasteiger partial charge is 0.378 e. The Morgan fingerprint density at radius 1 is 1.15 bits per heavy atom. The number of nitrogens with zero attached hydrogens (tertiary/aromatic N) is 3. The first kappa shape index (κ1) is 25.0. The average molecular weight is 492 g/mol. The third-order valence-corrected chi connectivity index (χ3v) is 8.08. The lowest BCUT2D eigenvalue weighted by Gasteiger charge is -2.40. The summed E-state index contributed by atoms with van der Waals surface area (Å²) in [4.78, 5) is 2.14. The molecule has 1 saturated heterocycles. The Bertz CT molecular complexity index is 1020. The minimum atomic E-state index is -3.56. The molecular weight excluding hydrogens is 457 g/mol. The fourth-order valence-electron chi connectivity index (χ4n) is 5.04. The molecule has 4 rings (SSSR count). The summed E-state index contributed by atoms with van der Waals surface area (Å²) < 4.78 is 50.0. The maximum Gasteiger partial charge on any atom is 0.277 e. The summed E-state index contributed by atoms with van der Waals surface area (Å²) in [5.41, 5.74) is 1.06. The van der Waals surface area contributed by atoms with E-state index in [4.69, 9.17) is 4.74 Å². The Labute approximate surface area is 201 Å². The van der Waals surface area contributed by atoms with E-state index in [1.807, 2.05) is 18.2 Å². The Kier molecular flexibility index (Phi) is 8.46. The third-order valence-electron chi connectivity index (χ3n) is 6.80. The first-order chi connectivity index (χ1) is 16.4. The molecular formula is C24H34FN5O3S. The summed E-state index contributed by atoms with van der Waals surface area (Å²) >= 11 is 0. The molecule has 10 heteroatoms. The standard InChI is InChI=1S/C24H34FN5O3S/c1-2-27-34(31,32)29-23-12-14-30(24-7-4-13-26-28-24)16-20(23)17-33-22-10-8-18(9-11-22)19-5-3-6-21(25)15-19/h3-7,13,15,18,20,22-23,27,29H,2,8-12,14,16-17H2,1H3/t18?,20-,22?,23-/m0/s1. The second-order valence-electron chi connectivity index (χ2n) is 9.16. The van der Waals surface area contributed by atoms with E-state index >= 15 is 0 Å². The van der Waals surface area contributed by atoms with Gasteiger partial charge < -0.3 is 9.64 Å². The Hall–Kier alpha value is -2.14.